The second-order valence-electron chi connectivity index (χ2n) is 7.18. The molecule has 1 unspecified atom stereocenters. The van der Waals surface area contributed by atoms with E-state index in [2.05, 4.69) is 10.2 Å². The molecule has 0 bridgehead atoms. The van der Waals surface area contributed by atoms with Crippen molar-refractivity contribution in [3.63, 3.8) is 0 Å². The van der Waals surface area contributed by atoms with E-state index in [0.717, 1.165) is 18.4 Å². The molecule has 0 spiro atoms. The van der Waals surface area contributed by atoms with Crippen molar-refractivity contribution in [2.75, 3.05) is 18.0 Å². The Morgan fingerprint density at radius 1 is 1.12 bits per heavy atom. The third kappa shape index (κ3) is 2.84. The van der Waals surface area contributed by atoms with Crippen LogP contribution in [0.2, 0.25) is 0 Å². The van der Waals surface area contributed by atoms with E-state index in [0.29, 0.717) is 30.8 Å². The number of nitrogens with one attached hydrogen (secondary N) is 1. The number of fused-ring (bicyclic) bond motifs is 1. The van der Waals surface area contributed by atoms with Gasteiger partial charge in [0.1, 0.15) is 11.9 Å². The van der Waals surface area contributed by atoms with Gasteiger partial charge in [-0.3, -0.25) is 19.7 Å². The minimum atomic E-state index is -0.696. The number of nitrogens with two attached hydrogens (primary N) is 1. The summed E-state index contributed by atoms with van der Waals surface area (Å²) in [5, 5.41) is 2.28. The van der Waals surface area contributed by atoms with Gasteiger partial charge in [0, 0.05) is 48.9 Å². The van der Waals surface area contributed by atoms with Gasteiger partial charge in [0.05, 0.1) is 0 Å². The van der Waals surface area contributed by atoms with E-state index < -0.39 is 17.8 Å². The van der Waals surface area contributed by atoms with E-state index >= 15 is 0 Å². The number of imide groups is 1. The van der Waals surface area contributed by atoms with Gasteiger partial charge < -0.3 is 15.5 Å². The fourth-order valence-electron chi connectivity index (χ4n) is 4.03. The molecular formula is C18H21FN4O3. The molecule has 3 heterocycles. The molecule has 3 amide bonds. The van der Waals surface area contributed by atoms with Crippen LogP contribution in [0.4, 0.5) is 10.1 Å². The molecule has 3 aliphatic heterocycles. The Labute approximate surface area is 150 Å². The number of halogens is 1. The van der Waals surface area contributed by atoms with Crippen molar-refractivity contribution >= 4 is 23.4 Å². The normalized spacial score (nSPS) is 24.1. The van der Waals surface area contributed by atoms with Gasteiger partial charge in [0.2, 0.25) is 11.8 Å². The number of benzene rings is 1. The molecule has 26 heavy (non-hydrogen) atoms. The molecule has 3 N–H and O–H groups in total. The lowest BCUT2D eigenvalue weighted by atomic mass is 10.0. The van der Waals surface area contributed by atoms with Crippen molar-refractivity contribution in [2.45, 2.75) is 44.3 Å². The largest absolute Gasteiger partial charge is 0.371 e. The molecule has 7 nitrogen and oxygen atoms in total. The van der Waals surface area contributed by atoms with Gasteiger partial charge in [-0.05, 0) is 31.4 Å². The van der Waals surface area contributed by atoms with Crippen molar-refractivity contribution in [3.8, 4) is 0 Å². The maximum absolute atomic E-state index is 14.2. The van der Waals surface area contributed by atoms with E-state index in [9.17, 15) is 18.8 Å². The molecular weight excluding hydrogens is 339 g/mol. The van der Waals surface area contributed by atoms with Crippen molar-refractivity contribution < 1.29 is 18.8 Å². The predicted molar refractivity (Wildman–Crippen MR) is 91.9 cm³/mol. The Balaban J connectivity index is 1.64. The van der Waals surface area contributed by atoms with Gasteiger partial charge in [-0.25, -0.2) is 4.39 Å². The number of hydrogen-bond donors (Lipinski definition) is 2. The first kappa shape index (κ1) is 17.0. The highest BCUT2D eigenvalue weighted by Crippen LogP contribution is 2.36. The fraction of sp³-hybridized carbons (Fsp3) is 0.500. The lowest BCUT2D eigenvalue weighted by Crippen LogP contribution is -2.52. The highest BCUT2D eigenvalue weighted by atomic mass is 19.1. The fourth-order valence-corrected chi connectivity index (χ4v) is 4.03. The van der Waals surface area contributed by atoms with Crippen LogP contribution in [0.25, 0.3) is 0 Å². The lowest BCUT2D eigenvalue weighted by molar-refractivity contribution is -0.136. The molecule has 2 fully saturated rings. The quantitative estimate of drug-likeness (QED) is 0.750. The van der Waals surface area contributed by atoms with Gasteiger partial charge in [0.25, 0.3) is 5.91 Å². The van der Waals surface area contributed by atoms with E-state index in [-0.39, 0.29) is 30.8 Å². The third-order valence-electron chi connectivity index (χ3n) is 5.48. The standard InChI is InChI=1S/C18H21FN4O3/c19-10-7-12-13(15(8-10)22-5-3-11(20)4-6-22)9-23(18(12)26)14-1-2-16(24)21-17(14)25/h7-8,11,14H,1-6,9,20H2,(H,21,24,25). The second-order valence-corrected chi connectivity index (χ2v) is 7.18. The number of amides is 3. The molecule has 2 saturated heterocycles. The van der Waals surface area contributed by atoms with E-state index in [4.69, 9.17) is 5.73 Å². The SMILES string of the molecule is NC1CCN(c2cc(F)cc3c2CN(C2CCC(=O)NC2=O)C3=O)CC1. The van der Waals surface area contributed by atoms with Crippen LogP contribution in [0, 0.1) is 5.82 Å². The van der Waals surface area contributed by atoms with Gasteiger partial charge in [-0.2, -0.15) is 0 Å². The van der Waals surface area contributed by atoms with Crippen LogP contribution >= 0.6 is 0 Å². The molecule has 8 heteroatoms. The summed E-state index contributed by atoms with van der Waals surface area (Å²) in [4.78, 5) is 39.8. The number of carbonyl (C=O) groups excluding carboxylic acids is 3. The average Bonchev–Trinajstić information content (AvgIpc) is 2.92. The molecule has 0 saturated carbocycles. The molecule has 1 aromatic carbocycles. The number of hydrogen-bond acceptors (Lipinski definition) is 5. The molecule has 0 aliphatic carbocycles. The summed E-state index contributed by atoms with van der Waals surface area (Å²) >= 11 is 0. The summed E-state index contributed by atoms with van der Waals surface area (Å²) in [7, 11) is 0. The second kappa shape index (κ2) is 6.35. The minimum Gasteiger partial charge on any atom is -0.371 e. The zero-order chi connectivity index (χ0) is 18.4. The topological polar surface area (TPSA) is 95.7 Å². The minimum absolute atomic E-state index is 0.148. The first-order chi connectivity index (χ1) is 12.4. The number of carbonyl (C=O) groups is 3. The van der Waals surface area contributed by atoms with E-state index in [1.54, 1.807) is 0 Å². The Morgan fingerprint density at radius 2 is 1.85 bits per heavy atom. The van der Waals surface area contributed by atoms with E-state index in [1.807, 2.05) is 0 Å². The molecule has 0 aromatic heterocycles. The van der Waals surface area contributed by atoms with Crippen LogP contribution < -0.4 is 16.0 Å². The molecule has 138 valence electrons. The van der Waals surface area contributed by atoms with Crippen LogP contribution in [-0.2, 0) is 16.1 Å². The third-order valence-corrected chi connectivity index (χ3v) is 5.48. The Kier molecular flexibility index (Phi) is 4.14. The predicted octanol–water partition coefficient (Wildman–Crippen LogP) is 0.514. The number of nitrogens with zero attached hydrogens (tertiary/aromatic N) is 2. The first-order valence-corrected chi connectivity index (χ1v) is 8.91. The molecule has 0 radical (unpaired) electrons. The van der Waals surface area contributed by atoms with Crippen molar-refractivity contribution in [1.29, 1.82) is 0 Å². The lowest BCUT2D eigenvalue weighted by Gasteiger charge is -2.33. The Morgan fingerprint density at radius 3 is 2.54 bits per heavy atom. The molecule has 4 rings (SSSR count). The summed E-state index contributed by atoms with van der Waals surface area (Å²) < 4.78 is 14.2. The molecule has 1 aromatic rings. The number of piperidine rings is 2. The highest BCUT2D eigenvalue weighted by molar-refractivity contribution is 6.06. The molecule has 1 atom stereocenters. The number of rotatable bonds is 2. The summed E-state index contributed by atoms with van der Waals surface area (Å²) in [6, 6.07) is 2.15. The van der Waals surface area contributed by atoms with E-state index in [1.165, 1.54) is 17.0 Å². The van der Waals surface area contributed by atoms with Crippen molar-refractivity contribution in [2.24, 2.45) is 5.73 Å². The summed E-state index contributed by atoms with van der Waals surface area (Å²) in [6.07, 6.45) is 2.12. The Bertz CT molecular complexity index is 789. The smallest absolute Gasteiger partial charge is 0.255 e. The van der Waals surface area contributed by atoms with Crippen LogP contribution in [0.3, 0.4) is 0 Å². The highest BCUT2D eigenvalue weighted by Gasteiger charge is 2.40. The summed E-state index contributed by atoms with van der Waals surface area (Å²) in [6.45, 7) is 1.67. The van der Waals surface area contributed by atoms with Gasteiger partial charge in [-0.15, -0.1) is 0 Å². The summed E-state index contributed by atoms with van der Waals surface area (Å²) in [5.74, 6) is -1.61. The average molecular weight is 360 g/mol. The van der Waals surface area contributed by atoms with Crippen molar-refractivity contribution in [3.05, 3.63) is 29.1 Å². The van der Waals surface area contributed by atoms with Crippen molar-refractivity contribution in [1.82, 2.24) is 10.2 Å². The van der Waals surface area contributed by atoms with Crippen LogP contribution in [0.15, 0.2) is 12.1 Å². The van der Waals surface area contributed by atoms with Crippen LogP contribution in [0.1, 0.15) is 41.6 Å². The van der Waals surface area contributed by atoms with Crippen LogP contribution in [-0.4, -0.2) is 47.8 Å². The van der Waals surface area contributed by atoms with Gasteiger partial charge in [0.15, 0.2) is 0 Å². The molecule has 3 aliphatic rings. The first-order valence-electron chi connectivity index (χ1n) is 8.91. The zero-order valence-electron chi connectivity index (χ0n) is 14.3. The summed E-state index contributed by atoms with van der Waals surface area (Å²) in [5.41, 5.74) is 7.71. The zero-order valence-corrected chi connectivity index (χ0v) is 14.3. The van der Waals surface area contributed by atoms with Gasteiger partial charge in [-0.1, -0.05) is 0 Å². The van der Waals surface area contributed by atoms with Gasteiger partial charge >= 0.3 is 0 Å². The number of anilines is 1. The Hall–Kier alpha value is -2.48. The maximum atomic E-state index is 14.2. The van der Waals surface area contributed by atoms with Crippen LogP contribution in [0.5, 0.6) is 0 Å². The maximum Gasteiger partial charge on any atom is 0.255 e. The monoisotopic (exact) mass is 360 g/mol.